The predicted molar refractivity (Wildman–Crippen MR) is 138 cm³/mol. The molecule has 5 rings (SSSR count). The number of aryl methyl sites for hydroxylation is 2. The molecule has 0 spiro atoms. The first kappa shape index (κ1) is 25.9. The number of alkyl halides is 2. The van der Waals surface area contributed by atoms with Gasteiger partial charge in [0.1, 0.15) is 10.6 Å². The van der Waals surface area contributed by atoms with Crippen molar-refractivity contribution in [3.05, 3.63) is 68.6 Å². The molecule has 0 bridgehead atoms. The molecule has 3 aromatic rings. The van der Waals surface area contributed by atoms with Crippen molar-refractivity contribution in [3.63, 3.8) is 0 Å². The Morgan fingerprint density at radius 3 is 2.51 bits per heavy atom. The van der Waals surface area contributed by atoms with Gasteiger partial charge in [-0.05, 0) is 94.0 Å². The summed E-state index contributed by atoms with van der Waals surface area (Å²) in [6.07, 6.45) is 5.08. The van der Waals surface area contributed by atoms with Crippen molar-refractivity contribution in [2.45, 2.75) is 77.2 Å². The van der Waals surface area contributed by atoms with E-state index in [1.807, 2.05) is 19.9 Å². The fourth-order valence-electron chi connectivity index (χ4n) is 5.58. The minimum atomic E-state index is -2.54. The van der Waals surface area contributed by atoms with Gasteiger partial charge in [0, 0.05) is 30.9 Å². The van der Waals surface area contributed by atoms with Crippen LogP contribution >= 0.6 is 11.6 Å². The van der Waals surface area contributed by atoms with Gasteiger partial charge in [-0.2, -0.15) is 0 Å². The quantitative estimate of drug-likeness (QED) is 0.431. The summed E-state index contributed by atoms with van der Waals surface area (Å²) in [5.74, 6) is -1.57. The summed E-state index contributed by atoms with van der Waals surface area (Å²) in [6.45, 7) is 6.97. The van der Waals surface area contributed by atoms with E-state index in [4.69, 9.17) is 11.6 Å². The molecule has 0 aliphatic heterocycles. The summed E-state index contributed by atoms with van der Waals surface area (Å²) in [5, 5.41) is 10.5. The van der Waals surface area contributed by atoms with E-state index in [0.29, 0.717) is 35.8 Å². The zero-order valence-corrected chi connectivity index (χ0v) is 22.2. The Labute approximate surface area is 219 Å². The van der Waals surface area contributed by atoms with Gasteiger partial charge in [0.25, 0.3) is 5.56 Å². The Morgan fingerprint density at radius 1 is 1.14 bits per heavy atom. The summed E-state index contributed by atoms with van der Waals surface area (Å²) in [4.78, 5) is 26.7. The molecule has 1 N–H and O–H groups in total. The third kappa shape index (κ3) is 5.06. The van der Waals surface area contributed by atoms with Gasteiger partial charge in [0.2, 0.25) is 5.92 Å². The number of aliphatic hydroxyl groups is 1. The Morgan fingerprint density at radius 2 is 1.84 bits per heavy atom. The average Bonchev–Trinajstić information content (AvgIpc) is 3.63. The van der Waals surface area contributed by atoms with Crippen molar-refractivity contribution >= 4 is 11.6 Å². The molecule has 2 aliphatic carbocycles. The molecule has 1 unspecified atom stereocenters. The number of hydrogen-bond donors (Lipinski definition) is 1. The van der Waals surface area contributed by atoms with Crippen LogP contribution in [0.5, 0.6) is 0 Å². The number of rotatable bonds is 5. The highest BCUT2D eigenvalue weighted by atomic mass is 35.5. The lowest BCUT2D eigenvalue weighted by atomic mass is 9.82. The van der Waals surface area contributed by atoms with E-state index in [1.165, 1.54) is 0 Å². The standard InChI is InChI=1S/C28H31ClF2N4O2/c1-15-14-33-22(21-7-10-32-26(34-21)27(3,4)37)13-23(15)35-16(2)11-20(24(29)25(35)36)19-12-18(19)17-5-8-28(30,31)9-6-17/h7,10-11,13-14,17-19,37H,5-6,8-9,12H2,1-4H3/t18-,19?/m1/s1. The molecule has 0 saturated heterocycles. The molecular formula is C28H31ClF2N4O2. The number of hydrogen-bond acceptors (Lipinski definition) is 5. The number of pyridine rings is 2. The lowest BCUT2D eigenvalue weighted by molar-refractivity contribution is -0.0481. The maximum Gasteiger partial charge on any atom is 0.274 e. The smallest absolute Gasteiger partial charge is 0.274 e. The van der Waals surface area contributed by atoms with Crippen LogP contribution in [-0.2, 0) is 5.60 Å². The first-order valence-electron chi connectivity index (χ1n) is 12.7. The molecule has 2 aliphatic rings. The summed E-state index contributed by atoms with van der Waals surface area (Å²) >= 11 is 6.67. The molecule has 9 heteroatoms. The average molecular weight is 529 g/mol. The van der Waals surface area contributed by atoms with Crippen molar-refractivity contribution in [1.29, 1.82) is 0 Å². The van der Waals surface area contributed by atoms with Crippen LogP contribution in [0.1, 0.15) is 74.5 Å². The lowest BCUT2D eigenvalue weighted by Crippen LogP contribution is -2.26. The van der Waals surface area contributed by atoms with Gasteiger partial charge in [-0.1, -0.05) is 11.6 Å². The van der Waals surface area contributed by atoms with Gasteiger partial charge < -0.3 is 5.11 Å². The molecule has 2 saturated carbocycles. The van der Waals surface area contributed by atoms with E-state index >= 15 is 0 Å². The molecule has 37 heavy (non-hydrogen) atoms. The maximum absolute atomic E-state index is 13.6. The number of aromatic nitrogens is 4. The first-order valence-corrected chi connectivity index (χ1v) is 13.1. The highest BCUT2D eigenvalue weighted by Crippen LogP contribution is 2.57. The van der Waals surface area contributed by atoms with Gasteiger partial charge in [-0.3, -0.25) is 14.3 Å². The number of halogens is 3. The van der Waals surface area contributed by atoms with Crippen LogP contribution in [-0.4, -0.2) is 30.5 Å². The topological polar surface area (TPSA) is 80.9 Å². The zero-order chi connectivity index (χ0) is 26.7. The van der Waals surface area contributed by atoms with Gasteiger partial charge in [-0.25, -0.2) is 18.7 Å². The van der Waals surface area contributed by atoms with E-state index in [0.717, 1.165) is 23.2 Å². The summed E-state index contributed by atoms with van der Waals surface area (Å²) in [7, 11) is 0. The molecule has 2 atom stereocenters. The van der Waals surface area contributed by atoms with Crippen molar-refractivity contribution < 1.29 is 13.9 Å². The Hall–Kier alpha value is -2.71. The van der Waals surface area contributed by atoms with Gasteiger partial charge in [-0.15, -0.1) is 0 Å². The van der Waals surface area contributed by atoms with Crippen LogP contribution in [0.4, 0.5) is 8.78 Å². The molecule has 0 aromatic carbocycles. The minimum Gasteiger partial charge on any atom is -0.382 e. The van der Waals surface area contributed by atoms with Crippen LogP contribution in [0.2, 0.25) is 5.02 Å². The van der Waals surface area contributed by atoms with E-state index < -0.39 is 11.5 Å². The fraction of sp³-hybridized carbons (Fsp3) is 0.500. The van der Waals surface area contributed by atoms with Crippen LogP contribution in [0, 0.1) is 25.7 Å². The highest BCUT2D eigenvalue weighted by molar-refractivity contribution is 6.31. The predicted octanol–water partition coefficient (Wildman–Crippen LogP) is 6.12. The third-order valence-electron chi connectivity index (χ3n) is 7.75. The summed E-state index contributed by atoms with van der Waals surface area (Å²) in [6, 6.07) is 5.46. The molecule has 2 fully saturated rings. The maximum atomic E-state index is 13.6. The highest BCUT2D eigenvalue weighted by Gasteiger charge is 2.48. The van der Waals surface area contributed by atoms with Gasteiger partial charge >= 0.3 is 0 Å². The fourth-order valence-corrected chi connectivity index (χ4v) is 5.86. The van der Waals surface area contributed by atoms with Crippen molar-refractivity contribution in [3.8, 4) is 17.1 Å². The minimum absolute atomic E-state index is 0.0531. The Kier molecular flexibility index (Phi) is 6.47. The van der Waals surface area contributed by atoms with Crippen LogP contribution < -0.4 is 5.56 Å². The molecule has 6 nitrogen and oxygen atoms in total. The SMILES string of the molecule is Cc1cnc(-c2ccnc(C(C)(C)O)n2)cc1-n1c(C)cc(C2C[C@@H]2C2CCC(F)(F)CC2)c(Cl)c1=O. The molecular weight excluding hydrogens is 498 g/mol. The van der Waals surface area contributed by atoms with E-state index in [2.05, 4.69) is 15.0 Å². The molecule has 0 amide bonds. The van der Waals surface area contributed by atoms with Crippen molar-refractivity contribution in [1.82, 2.24) is 19.5 Å². The van der Waals surface area contributed by atoms with E-state index in [1.54, 1.807) is 42.9 Å². The normalized spacial score (nSPS) is 21.7. The molecule has 3 heterocycles. The van der Waals surface area contributed by atoms with Crippen LogP contribution in [0.3, 0.4) is 0 Å². The van der Waals surface area contributed by atoms with Gasteiger partial charge in [0.15, 0.2) is 5.82 Å². The van der Waals surface area contributed by atoms with Crippen LogP contribution in [0.25, 0.3) is 17.1 Å². The second-order valence-corrected chi connectivity index (χ2v) is 11.5. The summed E-state index contributed by atoms with van der Waals surface area (Å²) < 4.78 is 28.8. The molecule has 0 radical (unpaired) electrons. The number of nitrogens with zero attached hydrogens (tertiary/aromatic N) is 4. The third-order valence-corrected chi connectivity index (χ3v) is 8.13. The second kappa shape index (κ2) is 9.24. The lowest BCUT2D eigenvalue weighted by Gasteiger charge is -2.28. The largest absolute Gasteiger partial charge is 0.382 e. The second-order valence-electron chi connectivity index (χ2n) is 11.1. The summed E-state index contributed by atoms with van der Waals surface area (Å²) in [5.41, 5.74) is 2.55. The molecule has 196 valence electrons. The first-order chi connectivity index (χ1) is 17.4. The monoisotopic (exact) mass is 528 g/mol. The Balaban J connectivity index is 1.47. The van der Waals surface area contributed by atoms with E-state index in [9.17, 15) is 18.7 Å². The Bertz CT molecular complexity index is 1410. The van der Waals surface area contributed by atoms with Crippen molar-refractivity contribution in [2.75, 3.05) is 0 Å². The zero-order valence-electron chi connectivity index (χ0n) is 21.4. The van der Waals surface area contributed by atoms with Crippen LogP contribution in [0.15, 0.2) is 35.4 Å². The van der Waals surface area contributed by atoms with Gasteiger partial charge in [0.05, 0.1) is 17.1 Å². The van der Waals surface area contributed by atoms with E-state index in [-0.39, 0.29) is 41.1 Å². The molecule has 3 aromatic heterocycles. The van der Waals surface area contributed by atoms with Crippen molar-refractivity contribution in [2.24, 2.45) is 11.8 Å².